The van der Waals surface area contributed by atoms with Crippen LogP contribution in [0.2, 0.25) is 0 Å². The number of ether oxygens (including phenoxy) is 1. The highest BCUT2D eigenvalue weighted by molar-refractivity contribution is 5.40. The fourth-order valence-electron chi connectivity index (χ4n) is 1.51. The lowest BCUT2D eigenvalue weighted by molar-refractivity contribution is 0.0528. The van der Waals surface area contributed by atoms with Crippen LogP contribution in [-0.2, 0) is 4.84 Å². The van der Waals surface area contributed by atoms with Crippen molar-refractivity contribution in [3.8, 4) is 5.75 Å². The average Bonchev–Trinajstić information content (AvgIpc) is 2.49. The third-order valence-corrected chi connectivity index (χ3v) is 2.07. The Morgan fingerprint density at radius 1 is 1.50 bits per heavy atom. The molecule has 1 aromatic rings. The van der Waals surface area contributed by atoms with Crippen LogP contribution in [0.25, 0.3) is 0 Å². The number of hydroxylamine groups is 1. The Balaban J connectivity index is 2.39. The van der Waals surface area contributed by atoms with E-state index in [-0.39, 0.29) is 18.4 Å². The fourth-order valence-corrected chi connectivity index (χ4v) is 1.51. The maximum absolute atomic E-state index is 13.3. The lowest BCUT2D eigenvalue weighted by Crippen LogP contribution is -2.21. The smallest absolute Gasteiger partial charge is 0.134 e. The van der Waals surface area contributed by atoms with E-state index in [9.17, 15) is 8.78 Å². The van der Waals surface area contributed by atoms with Crippen molar-refractivity contribution in [2.24, 2.45) is 0 Å². The van der Waals surface area contributed by atoms with Crippen LogP contribution in [0, 0.1) is 11.6 Å². The Hall–Kier alpha value is -1.20. The summed E-state index contributed by atoms with van der Waals surface area (Å²) < 4.78 is 31.2. The van der Waals surface area contributed by atoms with Gasteiger partial charge in [0.15, 0.2) is 0 Å². The molecular weight excluding hydrogens is 192 g/mol. The van der Waals surface area contributed by atoms with Gasteiger partial charge in [0, 0.05) is 12.1 Å². The summed E-state index contributed by atoms with van der Waals surface area (Å²) in [6.45, 7) is 0.240. The summed E-state index contributed by atoms with van der Waals surface area (Å²) >= 11 is 0. The molecule has 14 heavy (non-hydrogen) atoms. The number of nitrogens with one attached hydrogen (secondary N) is 1. The molecule has 1 heterocycles. The predicted octanol–water partition coefficient (Wildman–Crippen LogP) is 1.55. The van der Waals surface area contributed by atoms with Crippen molar-refractivity contribution in [1.82, 2.24) is 5.48 Å². The van der Waals surface area contributed by atoms with E-state index in [1.54, 1.807) is 0 Å². The summed E-state index contributed by atoms with van der Waals surface area (Å²) in [5.74, 6) is -1.02. The summed E-state index contributed by atoms with van der Waals surface area (Å²) in [6, 6.07) is 1.61. The first-order chi connectivity index (χ1) is 6.72. The van der Waals surface area contributed by atoms with Crippen molar-refractivity contribution in [3.05, 3.63) is 29.3 Å². The molecule has 1 atom stereocenters. The molecule has 0 aromatic heterocycles. The average molecular weight is 201 g/mol. The van der Waals surface area contributed by atoms with Crippen molar-refractivity contribution < 1.29 is 18.4 Å². The first-order valence-electron chi connectivity index (χ1n) is 4.12. The van der Waals surface area contributed by atoms with Gasteiger partial charge >= 0.3 is 0 Å². The van der Waals surface area contributed by atoms with Crippen LogP contribution in [0.3, 0.4) is 0 Å². The lowest BCUT2D eigenvalue weighted by atomic mass is 10.1. The minimum absolute atomic E-state index is 0.233. The van der Waals surface area contributed by atoms with Crippen molar-refractivity contribution in [3.63, 3.8) is 0 Å². The van der Waals surface area contributed by atoms with Crippen molar-refractivity contribution >= 4 is 0 Å². The monoisotopic (exact) mass is 201 g/mol. The zero-order chi connectivity index (χ0) is 10.1. The molecule has 1 aliphatic heterocycles. The quantitative estimate of drug-likeness (QED) is 0.736. The SMILES string of the molecule is CONC1COc2cc(F)cc(F)c21. The normalized spacial score (nSPS) is 19.2. The van der Waals surface area contributed by atoms with E-state index in [1.165, 1.54) is 7.11 Å². The molecule has 0 fully saturated rings. The molecule has 1 aromatic carbocycles. The first-order valence-corrected chi connectivity index (χ1v) is 4.12. The zero-order valence-corrected chi connectivity index (χ0v) is 7.51. The van der Waals surface area contributed by atoms with Crippen LogP contribution >= 0.6 is 0 Å². The van der Waals surface area contributed by atoms with Gasteiger partial charge in [0.1, 0.15) is 24.0 Å². The van der Waals surface area contributed by atoms with Gasteiger partial charge in [-0.15, -0.1) is 0 Å². The van der Waals surface area contributed by atoms with E-state index in [0.717, 1.165) is 12.1 Å². The molecule has 0 amide bonds. The Morgan fingerprint density at radius 2 is 2.29 bits per heavy atom. The second-order valence-electron chi connectivity index (χ2n) is 2.98. The van der Waals surface area contributed by atoms with Crippen LogP contribution in [0.1, 0.15) is 11.6 Å². The second kappa shape index (κ2) is 3.51. The van der Waals surface area contributed by atoms with E-state index in [0.29, 0.717) is 5.56 Å². The Labute approximate surface area is 79.6 Å². The number of rotatable bonds is 2. The summed E-state index contributed by atoms with van der Waals surface area (Å²) in [7, 11) is 1.43. The second-order valence-corrected chi connectivity index (χ2v) is 2.98. The van der Waals surface area contributed by atoms with E-state index < -0.39 is 11.6 Å². The third-order valence-electron chi connectivity index (χ3n) is 2.07. The molecule has 1 aliphatic rings. The maximum atomic E-state index is 13.3. The topological polar surface area (TPSA) is 30.5 Å². The number of fused-ring (bicyclic) bond motifs is 1. The van der Waals surface area contributed by atoms with E-state index >= 15 is 0 Å². The summed E-state index contributed by atoms with van der Waals surface area (Å²) in [6.07, 6.45) is 0. The predicted molar refractivity (Wildman–Crippen MR) is 44.7 cm³/mol. The number of hydrogen-bond acceptors (Lipinski definition) is 3. The lowest BCUT2D eigenvalue weighted by Gasteiger charge is -2.09. The van der Waals surface area contributed by atoms with Gasteiger partial charge in [0.25, 0.3) is 0 Å². The van der Waals surface area contributed by atoms with Gasteiger partial charge in [-0.2, -0.15) is 5.48 Å². The van der Waals surface area contributed by atoms with Crippen molar-refractivity contribution in [2.45, 2.75) is 6.04 Å². The van der Waals surface area contributed by atoms with Crippen LogP contribution in [-0.4, -0.2) is 13.7 Å². The zero-order valence-electron chi connectivity index (χ0n) is 7.51. The summed E-state index contributed by atoms with van der Waals surface area (Å²) in [5.41, 5.74) is 2.89. The molecule has 0 aliphatic carbocycles. The fraction of sp³-hybridized carbons (Fsp3) is 0.333. The minimum atomic E-state index is -0.640. The van der Waals surface area contributed by atoms with Crippen LogP contribution in [0.5, 0.6) is 5.75 Å². The molecule has 1 unspecified atom stereocenters. The highest BCUT2D eigenvalue weighted by Crippen LogP contribution is 2.34. The van der Waals surface area contributed by atoms with Crippen LogP contribution in [0.15, 0.2) is 12.1 Å². The maximum Gasteiger partial charge on any atom is 0.134 e. The van der Waals surface area contributed by atoms with Crippen LogP contribution in [0.4, 0.5) is 8.78 Å². The summed E-state index contributed by atoms with van der Waals surface area (Å²) in [4.78, 5) is 4.68. The largest absolute Gasteiger partial charge is 0.491 e. The Morgan fingerprint density at radius 3 is 3.00 bits per heavy atom. The molecule has 3 nitrogen and oxygen atoms in total. The van der Waals surface area contributed by atoms with Crippen molar-refractivity contribution in [1.29, 1.82) is 0 Å². The van der Waals surface area contributed by atoms with Gasteiger partial charge in [-0.1, -0.05) is 0 Å². The number of benzene rings is 1. The van der Waals surface area contributed by atoms with Gasteiger partial charge in [-0.25, -0.2) is 8.78 Å². The molecule has 2 rings (SSSR count). The number of hydrogen-bond donors (Lipinski definition) is 1. The Kier molecular flexibility index (Phi) is 2.35. The molecule has 1 N–H and O–H groups in total. The minimum Gasteiger partial charge on any atom is -0.491 e. The molecule has 76 valence electrons. The molecule has 0 spiro atoms. The van der Waals surface area contributed by atoms with E-state index in [1.807, 2.05) is 0 Å². The number of halogens is 2. The van der Waals surface area contributed by atoms with E-state index in [4.69, 9.17) is 4.74 Å². The molecule has 0 bridgehead atoms. The standard InChI is InChI=1S/C9H9F2NO2/c1-13-12-7-4-14-8-3-5(10)2-6(11)9(7)8/h2-3,7,12H,4H2,1H3. The van der Waals surface area contributed by atoms with Gasteiger partial charge < -0.3 is 9.57 Å². The molecule has 0 saturated carbocycles. The van der Waals surface area contributed by atoms with Crippen molar-refractivity contribution in [2.75, 3.05) is 13.7 Å². The van der Waals surface area contributed by atoms with Crippen LogP contribution < -0.4 is 10.2 Å². The highest BCUT2D eigenvalue weighted by Gasteiger charge is 2.28. The summed E-state index contributed by atoms with van der Waals surface area (Å²) in [5, 5.41) is 0. The van der Waals surface area contributed by atoms with Gasteiger partial charge in [-0.05, 0) is 0 Å². The molecule has 5 heteroatoms. The molecule has 0 saturated heterocycles. The first kappa shape index (κ1) is 9.36. The van der Waals surface area contributed by atoms with Gasteiger partial charge in [0.05, 0.1) is 18.7 Å². The third kappa shape index (κ3) is 1.44. The van der Waals surface area contributed by atoms with E-state index in [2.05, 4.69) is 10.3 Å². The molecular formula is C9H9F2NO2. The van der Waals surface area contributed by atoms with Gasteiger partial charge in [0.2, 0.25) is 0 Å². The molecule has 0 radical (unpaired) electrons. The Bertz CT molecular complexity index is 357. The highest BCUT2D eigenvalue weighted by atomic mass is 19.1. The van der Waals surface area contributed by atoms with Gasteiger partial charge in [-0.3, -0.25) is 0 Å².